The Labute approximate surface area is 431 Å². The van der Waals surface area contributed by atoms with Crippen LogP contribution in [0.4, 0.5) is 0 Å². The van der Waals surface area contributed by atoms with Gasteiger partial charge in [-0.1, -0.05) is 200 Å². The Morgan fingerprint density at radius 3 is 1.00 bits per heavy atom. The summed E-state index contributed by atoms with van der Waals surface area (Å²) in [5.41, 5.74) is 17.4. The number of rotatable bonds is 8. The lowest BCUT2D eigenvalue weighted by molar-refractivity contribution is 0.673. The molecule has 0 aliphatic heterocycles. The summed E-state index contributed by atoms with van der Waals surface area (Å²) in [6.07, 6.45) is 0. The van der Waals surface area contributed by atoms with Crippen molar-refractivity contribution >= 4 is 65.6 Å². The average Bonchev–Trinajstić information content (AvgIpc) is 4.16. The summed E-state index contributed by atoms with van der Waals surface area (Å²) < 4.78 is 12.2. The first-order chi connectivity index (χ1) is 37.2. The van der Waals surface area contributed by atoms with Crippen LogP contribution >= 0.6 is 0 Å². The highest BCUT2D eigenvalue weighted by Crippen LogP contribution is 2.45. The summed E-state index contributed by atoms with van der Waals surface area (Å²) in [6.45, 7) is 0. The van der Waals surface area contributed by atoms with Crippen molar-refractivity contribution < 1.29 is 4.42 Å². The van der Waals surface area contributed by atoms with Gasteiger partial charge in [0.25, 0.3) is 0 Å². The van der Waals surface area contributed by atoms with Crippen LogP contribution in [0.1, 0.15) is 0 Å². The van der Waals surface area contributed by atoms with E-state index in [-0.39, 0.29) is 0 Å². The van der Waals surface area contributed by atoms with E-state index >= 15 is 0 Å². The minimum Gasteiger partial charge on any atom is -0.452 e. The Bertz CT molecular complexity index is 4600. The van der Waals surface area contributed by atoms with E-state index in [0.717, 1.165) is 116 Å². The second-order valence-electron chi connectivity index (χ2n) is 19.2. The summed E-state index contributed by atoms with van der Waals surface area (Å²) in [5, 5.41) is 6.67. The van der Waals surface area contributed by atoms with Crippen LogP contribution in [-0.2, 0) is 0 Å². The van der Waals surface area contributed by atoms with Gasteiger partial charge < -0.3 is 13.6 Å². The molecular formula is C69H43N5O. The number of hydrogen-bond donors (Lipinski definition) is 0. The monoisotopic (exact) mass is 957 g/mol. The second kappa shape index (κ2) is 17.3. The van der Waals surface area contributed by atoms with E-state index in [9.17, 15) is 0 Å². The van der Waals surface area contributed by atoms with Gasteiger partial charge in [0, 0.05) is 60.4 Å². The molecule has 0 aliphatic carbocycles. The van der Waals surface area contributed by atoms with Crippen molar-refractivity contribution in [2.24, 2.45) is 0 Å². The molecular weight excluding hydrogens is 915 g/mol. The highest BCUT2D eigenvalue weighted by molar-refractivity contribution is 6.26. The van der Waals surface area contributed by atoms with Crippen LogP contribution in [-0.4, -0.2) is 24.1 Å². The van der Waals surface area contributed by atoms with Crippen molar-refractivity contribution in [3.63, 3.8) is 0 Å². The molecule has 4 heterocycles. The highest BCUT2D eigenvalue weighted by atomic mass is 16.3. The molecule has 15 rings (SSSR count). The minimum atomic E-state index is 0.577. The third-order valence-corrected chi connectivity index (χ3v) is 14.7. The predicted octanol–water partition coefficient (Wildman–Crippen LogP) is 18.0. The number of fused-ring (bicyclic) bond motifs is 11. The fourth-order valence-corrected chi connectivity index (χ4v) is 11.3. The molecule has 0 fully saturated rings. The molecule has 0 saturated heterocycles. The largest absolute Gasteiger partial charge is 0.452 e. The second-order valence-corrected chi connectivity index (χ2v) is 19.2. The third-order valence-electron chi connectivity index (χ3n) is 14.7. The van der Waals surface area contributed by atoms with Crippen LogP contribution in [0.15, 0.2) is 265 Å². The average molecular weight is 958 g/mol. The van der Waals surface area contributed by atoms with Gasteiger partial charge >= 0.3 is 0 Å². The Balaban J connectivity index is 0.938. The third kappa shape index (κ3) is 7.07. The van der Waals surface area contributed by atoms with E-state index < -0.39 is 0 Å². The lowest BCUT2D eigenvalue weighted by Crippen LogP contribution is -2.01. The molecule has 15 aromatic rings. The number of hydrogen-bond acceptors (Lipinski definition) is 4. The number of nitrogens with zero attached hydrogens (tertiary/aromatic N) is 5. The van der Waals surface area contributed by atoms with Gasteiger partial charge in [-0.25, -0.2) is 15.0 Å². The lowest BCUT2D eigenvalue weighted by atomic mass is 10.0. The molecule has 75 heavy (non-hydrogen) atoms. The topological polar surface area (TPSA) is 61.7 Å². The van der Waals surface area contributed by atoms with Crippen molar-refractivity contribution in [1.82, 2.24) is 24.1 Å². The van der Waals surface area contributed by atoms with Gasteiger partial charge in [-0.3, -0.25) is 0 Å². The summed E-state index contributed by atoms with van der Waals surface area (Å²) in [7, 11) is 0. The van der Waals surface area contributed by atoms with Gasteiger partial charge in [0.15, 0.2) is 28.6 Å². The van der Waals surface area contributed by atoms with Gasteiger partial charge in [-0.15, -0.1) is 0 Å². The van der Waals surface area contributed by atoms with E-state index in [2.05, 4.69) is 258 Å². The van der Waals surface area contributed by atoms with Crippen LogP contribution in [0, 0.1) is 0 Å². The first-order valence-electron chi connectivity index (χ1n) is 25.3. The van der Waals surface area contributed by atoms with Crippen molar-refractivity contribution in [2.75, 3.05) is 0 Å². The molecule has 0 N–H and O–H groups in total. The standard InChI is InChI=1S/C69H43N5O/c1-4-18-44(19-5-1)47-24-14-27-50(40-47)67-70-68(51-28-15-25-48(41-51)45-20-6-2-7-21-45)72-69(71-67)52-29-17-31-54(43-52)74-62-35-13-11-33-56(62)58-37-39-60-59-38-36-57-55-32-10-12-34-61(55)73(63(57)65(59)75-66(60)64(58)74)53-30-16-26-49(42-53)46-22-8-3-9-23-46/h1-43H. The van der Waals surface area contributed by atoms with Gasteiger partial charge in [0.05, 0.1) is 22.1 Å². The zero-order valence-electron chi connectivity index (χ0n) is 40.5. The number of benzene rings is 11. The first kappa shape index (κ1) is 42.5. The van der Waals surface area contributed by atoms with Crippen LogP contribution in [0.2, 0.25) is 0 Å². The maximum Gasteiger partial charge on any atom is 0.164 e. The highest BCUT2D eigenvalue weighted by Gasteiger charge is 2.24. The summed E-state index contributed by atoms with van der Waals surface area (Å²) in [4.78, 5) is 15.8. The Hall–Kier alpha value is -10.2. The molecule has 0 unspecified atom stereocenters. The van der Waals surface area contributed by atoms with E-state index in [1.165, 1.54) is 10.9 Å². The molecule has 350 valence electrons. The Morgan fingerprint density at radius 1 is 0.240 bits per heavy atom. The van der Waals surface area contributed by atoms with Gasteiger partial charge in [-0.05, 0) is 94.0 Å². The molecule has 0 spiro atoms. The molecule has 0 radical (unpaired) electrons. The minimum absolute atomic E-state index is 0.577. The number of aromatic nitrogens is 5. The summed E-state index contributed by atoms with van der Waals surface area (Å²) in [5.74, 6) is 1.77. The van der Waals surface area contributed by atoms with Crippen molar-refractivity contribution in [3.05, 3.63) is 261 Å². The van der Waals surface area contributed by atoms with E-state index in [1.807, 2.05) is 12.1 Å². The Morgan fingerprint density at radius 2 is 0.560 bits per heavy atom. The van der Waals surface area contributed by atoms with Crippen molar-refractivity contribution in [2.45, 2.75) is 0 Å². The molecule has 0 bridgehead atoms. The van der Waals surface area contributed by atoms with Gasteiger partial charge in [-0.2, -0.15) is 0 Å². The predicted molar refractivity (Wildman–Crippen MR) is 308 cm³/mol. The molecule has 0 saturated carbocycles. The fourth-order valence-electron chi connectivity index (χ4n) is 11.3. The Kier molecular flexibility index (Phi) is 9.78. The van der Waals surface area contributed by atoms with Gasteiger partial charge in [0.2, 0.25) is 0 Å². The molecule has 0 aliphatic rings. The van der Waals surface area contributed by atoms with Crippen molar-refractivity contribution in [3.8, 4) is 78.9 Å². The zero-order chi connectivity index (χ0) is 49.4. The number of furan rings is 1. The number of para-hydroxylation sites is 2. The molecule has 6 nitrogen and oxygen atoms in total. The molecule has 0 atom stereocenters. The normalized spacial score (nSPS) is 11.7. The van der Waals surface area contributed by atoms with Crippen LogP contribution < -0.4 is 0 Å². The summed E-state index contributed by atoms with van der Waals surface area (Å²) >= 11 is 0. The zero-order valence-corrected chi connectivity index (χ0v) is 40.5. The quantitative estimate of drug-likeness (QED) is 0.152. The first-order valence-corrected chi connectivity index (χ1v) is 25.3. The summed E-state index contributed by atoms with van der Waals surface area (Å²) in [6, 6.07) is 92.0. The van der Waals surface area contributed by atoms with Crippen LogP contribution in [0.3, 0.4) is 0 Å². The fraction of sp³-hybridized carbons (Fsp3) is 0. The lowest BCUT2D eigenvalue weighted by Gasteiger charge is -2.12. The van der Waals surface area contributed by atoms with E-state index in [1.54, 1.807) is 0 Å². The van der Waals surface area contributed by atoms with Gasteiger partial charge in [0.1, 0.15) is 0 Å². The van der Waals surface area contributed by atoms with Crippen LogP contribution in [0.25, 0.3) is 144 Å². The van der Waals surface area contributed by atoms with Crippen LogP contribution in [0.5, 0.6) is 0 Å². The van der Waals surface area contributed by atoms with E-state index in [0.29, 0.717) is 17.5 Å². The van der Waals surface area contributed by atoms with Crippen molar-refractivity contribution in [1.29, 1.82) is 0 Å². The molecule has 6 heteroatoms. The maximum atomic E-state index is 7.43. The smallest absolute Gasteiger partial charge is 0.164 e. The van der Waals surface area contributed by atoms with E-state index in [4.69, 9.17) is 19.4 Å². The molecule has 4 aromatic heterocycles. The SMILES string of the molecule is c1ccc(-c2cccc(-c3nc(-c4cccc(-c5ccccc5)c4)nc(-c4cccc(-n5c6ccccc6c6ccc7c8ccc9c%10ccccc%10n(-c%10cccc(-c%11ccccc%11)c%10)c9c8oc7c65)c4)n3)c2)cc1. The molecule has 0 amide bonds. The maximum absolute atomic E-state index is 7.43. The molecule has 11 aromatic carbocycles.